The predicted octanol–water partition coefficient (Wildman–Crippen LogP) is 8.10. The molecule has 5 heterocycles. The average Bonchev–Trinajstić information content (AvgIpc) is 3.74. The highest BCUT2D eigenvalue weighted by Gasteiger charge is 2.55. The van der Waals surface area contributed by atoms with Gasteiger partial charge in [0.15, 0.2) is 17.5 Å². The number of alkyl halides is 2. The van der Waals surface area contributed by atoms with Crippen LogP contribution in [0.2, 0.25) is 0 Å². The van der Waals surface area contributed by atoms with E-state index in [1.54, 1.807) is 41.8 Å². The molecule has 2 saturated carbocycles. The third kappa shape index (κ3) is 5.95. The molecule has 0 unspecified atom stereocenters. The number of pyridine rings is 2. The van der Waals surface area contributed by atoms with E-state index in [-0.39, 0.29) is 64.6 Å². The van der Waals surface area contributed by atoms with Crippen molar-refractivity contribution in [1.82, 2.24) is 29.7 Å². The molecule has 0 radical (unpaired) electrons. The lowest BCUT2D eigenvalue weighted by atomic mass is 9.71. The topological polar surface area (TPSA) is 108 Å². The highest BCUT2D eigenvalue weighted by atomic mass is 19.3. The summed E-state index contributed by atoms with van der Waals surface area (Å²) in [7, 11) is 0. The van der Waals surface area contributed by atoms with Gasteiger partial charge in [-0.1, -0.05) is 6.42 Å². The van der Waals surface area contributed by atoms with Crippen LogP contribution in [0, 0.1) is 24.5 Å². The molecule has 15 heteroatoms. The number of aromatic nitrogens is 4. The number of rotatable bonds is 9. The molecule has 4 aliphatic rings. The van der Waals surface area contributed by atoms with Crippen molar-refractivity contribution in [1.29, 1.82) is 0 Å². The molecule has 0 bridgehead atoms. The predicted molar refractivity (Wildman–Crippen MR) is 198 cm³/mol. The number of likely N-dealkylation sites (tertiary alicyclic amines) is 1. The minimum Gasteiger partial charge on any atom is -0.341 e. The van der Waals surface area contributed by atoms with Gasteiger partial charge in [-0.25, -0.2) is 32.5 Å². The van der Waals surface area contributed by atoms with Crippen LogP contribution in [0.15, 0.2) is 24.5 Å². The number of amides is 2. The van der Waals surface area contributed by atoms with Gasteiger partial charge < -0.3 is 20.1 Å². The molecule has 8 rings (SSSR count). The van der Waals surface area contributed by atoms with Gasteiger partial charge >= 0.3 is 0 Å². The highest BCUT2D eigenvalue weighted by Crippen LogP contribution is 2.50. The molecule has 4 aromatic rings. The van der Waals surface area contributed by atoms with Gasteiger partial charge in [-0.2, -0.15) is 4.39 Å². The monoisotopic (exact) mass is 764 g/mol. The number of hydrogen-bond donors (Lipinski definition) is 2. The van der Waals surface area contributed by atoms with Crippen molar-refractivity contribution < 1.29 is 31.5 Å². The van der Waals surface area contributed by atoms with Crippen LogP contribution in [0.4, 0.5) is 39.1 Å². The SMILES string of the molecule is Cc1c(C(=O)NC2(C(F)F)CC2)cc(Nc2nc(-c3cc4c(nc3F)C(C)(C)C(=O)N4C3CC(C)(N4CCCCC4)C3)cc3ncn(C(C)C)c23)c(F)c1F. The third-order valence-corrected chi connectivity index (χ3v) is 12.3. The standard InChI is InChI=1S/C40H45F5N8O2/c1-20(2)52-19-46-27-16-25(47-34(31(27)52)48-26-14-23(21(3)29(41)30(26)42)35(54)50-40(10-11-40)36(44)45)24-15-28-32(49-33(24)43)38(4,5)37(55)53(28)22-17-39(6,18-22)51-12-8-7-9-13-51/h14-16,19-20,22,36H,7-13,17-18H2,1-6H3,(H,47,48)(H,50,54). The van der Waals surface area contributed by atoms with Gasteiger partial charge in [-0.3, -0.25) is 14.5 Å². The number of nitrogens with zero attached hydrogens (tertiary/aromatic N) is 6. The molecule has 2 aliphatic heterocycles. The summed E-state index contributed by atoms with van der Waals surface area (Å²) >= 11 is 0. The number of piperidine rings is 1. The lowest BCUT2D eigenvalue weighted by molar-refractivity contribution is -0.123. The fourth-order valence-electron chi connectivity index (χ4n) is 8.68. The number of fused-ring (bicyclic) bond motifs is 2. The first-order valence-electron chi connectivity index (χ1n) is 19.0. The molecule has 292 valence electrons. The van der Waals surface area contributed by atoms with Crippen LogP contribution in [-0.4, -0.2) is 72.9 Å². The van der Waals surface area contributed by atoms with E-state index in [4.69, 9.17) is 4.98 Å². The number of anilines is 3. The minimum absolute atomic E-state index is 0.0197. The van der Waals surface area contributed by atoms with Gasteiger partial charge in [0, 0.05) is 28.7 Å². The average molecular weight is 765 g/mol. The van der Waals surface area contributed by atoms with E-state index in [9.17, 15) is 18.4 Å². The maximum atomic E-state index is 16.2. The molecule has 1 saturated heterocycles. The Balaban J connectivity index is 1.19. The summed E-state index contributed by atoms with van der Waals surface area (Å²) in [6.45, 7) is 12.8. The first-order valence-corrected chi connectivity index (χ1v) is 19.0. The molecule has 0 atom stereocenters. The van der Waals surface area contributed by atoms with E-state index in [0.717, 1.165) is 44.8 Å². The van der Waals surface area contributed by atoms with E-state index >= 15 is 13.2 Å². The van der Waals surface area contributed by atoms with E-state index < -0.39 is 46.6 Å². The van der Waals surface area contributed by atoms with Gasteiger partial charge in [-0.05, 0) is 111 Å². The summed E-state index contributed by atoms with van der Waals surface area (Å²) in [4.78, 5) is 45.1. The summed E-state index contributed by atoms with van der Waals surface area (Å²) in [5.41, 5.74) is -2.35. The summed E-state index contributed by atoms with van der Waals surface area (Å²) < 4.78 is 76.4. The van der Waals surface area contributed by atoms with Gasteiger partial charge in [0.05, 0.1) is 45.6 Å². The summed E-state index contributed by atoms with van der Waals surface area (Å²) in [5, 5.41) is 5.13. The van der Waals surface area contributed by atoms with Crippen LogP contribution in [0.1, 0.15) is 107 Å². The van der Waals surface area contributed by atoms with Crippen molar-refractivity contribution >= 4 is 40.0 Å². The molecule has 3 fully saturated rings. The molecule has 10 nitrogen and oxygen atoms in total. The molecule has 2 N–H and O–H groups in total. The zero-order valence-corrected chi connectivity index (χ0v) is 31.8. The molecule has 3 aromatic heterocycles. The number of carbonyl (C=O) groups is 2. The number of nitrogens with one attached hydrogen (secondary N) is 2. The molecule has 1 aromatic carbocycles. The number of carbonyl (C=O) groups excluding carboxylic acids is 2. The second kappa shape index (κ2) is 13.0. The van der Waals surface area contributed by atoms with Crippen LogP contribution in [0.25, 0.3) is 22.3 Å². The van der Waals surface area contributed by atoms with Gasteiger partial charge in [0.1, 0.15) is 11.1 Å². The first kappa shape index (κ1) is 37.3. The quantitative estimate of drug-likeness (QED) is 0.131. The van der Waals surface area contributed by atoms with Gasteiger partial charge in [0.2, 0.25) is 11.9 Å². The summed E-state index contributed by atoms with van der Waals surface area (Å²) in [6, 6.07) is 3.95. The summed E-state index contributed by atoms with van der Waals surface area (Å²) in [5.74, 6) is -4.67. The normalized spacial score (nSPS) is 23.0. The minimum atomic E-state index is -2.82. The van der Waals surface area contributed by atoms with Crippen molar-refractivity contribution in [2.24, 2.45) is 0 Å². The van der Waals surface area contributed by atoms with Crippen molar-refractivity contribution in [2.75, 3.05) is 23.3 Å². The fourth-order valence-corrected chi connectivity index (χ4v) is 8.68. The Labute approximate surface area is 315 Å². The zero-order chi connectivity index (χ0) is 39.4. The van der Waals surface area contributed by atoms with Gasteiger partial charge in [-0.15, -0.1) is 0 Å². The highest BCUT2D eigenvalue weighted by molar-refractivity contribution is 6.08. The number of hydrogen-bond acceptors (Lipinski definition) is 7. The molecule has 55 heavy (non-hydrogen) atoms. The van der Waals surface area contributed by atoms with Crippen LogP contribution in [0.3, 0.4) is 0 Å². The van der Waals surface area contributed by atoms with Crippen molar-refractivity contribution in [3.05, 3.63) is 58.9 Å². The molecular formula is C40H45F5N8O2. The van der Waals surface area contributed by atoms with Crippen molar-refractivity contribution in [2.45, 2.75) is 121 Å². The number of halogens is 5. The lowest BCUT2D eigenvalue weighted by Crippen LogP contribution is -2.64. The van der Waals surface area contributed by atoms with E-state index in [1.807, 2.05) is 13.8 Å². The number of benzene rings is 1. The first-order chi connectivity index (χ1) is 26.0. The lowest BCUT2D eigenvalue weighted by Gasteiger charge is -2.55. The maximum Gasteiger partial charge on any atom is 0.261 e. The van der Waals surface area contributed by atoms with Crippen LogP contribution >= 0.6 is 0 Å². The van der Waals surface area contributed by atoms with Crippen molar-refractivity contribution in [3.8, 4) is 11.3 Å². The Morgan fingerprint density at radius 2 is 1.65 bits per heavy atom. The zero-order valence-electron chi connectivity index (χ0n) is 31.8. The molecule has 2 amide bonds. The Morgan fingerprint density at radius 1 is 0.964 bits per heavy atom. The van der Waals surface area contributed by atoms with Crippen LogP contribution in [0.5, 0.6) is 0 Å². The van der Waals surface area contributed by atoms with Crippen LogP contribution in [-0.2, 0) is 10.2 Å². The van der Waals surface area contributed by atoms with Gasteiger partial charge in [0.25, 0.3) is 12.3 Å². The van der Waals surface area contributed by atoms with Crippen molar-refractivity contribution in [3.63, 3.8) is 0 Å². The third-order valence-electron chi connectivity index (χ3n) is 12.3. The largest absolute Gasteiger partial charge is 0.341 e. The Kier molecular flexibility index (Phi) is 8.78. The fraction of sp³-hybridized carbons (Fsp3) is 0.525. The Bertz CT molecular complexity index is 2240. The Morgan fingerprint density at radius 3 is 2.29 bits per heavy atom. The van der Waals surface area contributed by atoms with E-state index in [1.165, 1.54) is 13.3 Å². The molecular weight excluding hydrogens is 719 g/mol. The Hall–Kier alpha value is -4.66. The molecule has 2 aliphatic carbocycles. The maximum absolute atomic E-state index is 16.2. The smallest absolute Gasteiger partial charge is 0.261 e. The second-order valence-corrected chi connectivity index (χ2v) is 16.8. The molecule has 0 spiro atoms. The van der Waals surface area contributed by atoms with E-state index in [0.29, 0.717) is 22.4 Å². The number of imidazole rings is 1. The second-order valence-electron chi connectivity index (χ2n) is 16.8. The van der Waals surface area contributed by atoms with Crippen LogP contribution < -0.4 is 15.5 Å². The van der Waals surface area contributed by atoms with E-state index in [2.05, 4.69) is 32.4 Å². The summed E-state index contributed by atoms with van der Waals surface area (Å²) in [6.07, 6.45) is 3.92.